The van der Waals surface area contributed by atoms with Crippen LogP contribution in [0.1, 0.15) is 0 Å². The second-order valence-electron chi connectivity index (χ2n) is 12.2. The zero-order valence-electron chi connectivity index (χ0n) is 23.2. The van der Waals surface area contributed by atoms with E-state index < -0.39 is 0 Å². The number of benzene rings is 9. The molecule has 196 valence electrons. The Bertz CT molecular complexity index is 2800. The lowest BCUT2D eigenvalue weighted by molar-refractivity contribution is 1.38. The molecule has 0 amide bonds. The van der Waals surface area contributed by atoms with Crippen LogP contribution < -0.4 is 0 Å². The van der Waals surface area contributed by atoms with Crippen LogP contribution >= 0.6 is 0 Å². The van der Waals surface area contributed by atoms with Gasteiger partial charge in [0.2, 0.25) is 0 Å². The first-order chi connectivity index (χ1) is 21.3. The molecule has 0 spiro atoms. The zero-order valence-corrected chi connectivity index (χ0v) is 23.2. The van der Waals surface area contributed by atoms with Gasteiger partial charge in [-0.2, -0.15) is 0 Å². The monoisotopic (exact) mass is 541 g/mol. The summed E-state index contributed by atoms with van der Waals surface area (Å²) >= 11 is 0. The Hall–Kier alpha value is -5.66. The van der Waals surface area contributed by atoms with Gasteiger partial charge in [-0.3, -0.25) is 0 Å². The van der Waals surface area contributed by atoms with E-state index in [1.807, 2.05) is 0 Å². The summed E-state index contributed by atoms with van der Waals surface area (Å²) in [5.74, 6) is 0. The third-order valence-corrected chi connectivity index (χ3v) is 9.96. The first-order valence-corrected chi connectivity index (χ1v) is 15.0. The first kappa shape index (κ1) is 22.0. The summed E-state index contributed by atoms with van der Waals surface area (Å²) in [4.78, 5) is 0. The van der Waals surface area contributed by atoms with E-state index in [1.54, 1.807) is 0 Å². The van der Waals surface area contributed by atoms with Gasteiger partial charge in [0.25, 0.3) is 0 Å². The van der Waals surface area contributed by atoms with Gasteiger partial charge < -0.3 is 4.40 Å². The van der Waals surface area contributed by atoms with Crippen LogP contribution in [0.5, 0.6) is 0 Å². The molecule has 0 fully saturated rings. The van der Waals surface area contributed by atoms with E-state index >= 15 is 0 Å². The van der Waals surface area contributed by atoms with Crippen LogP contribution in [0, 0.1) is 0 Å². The predicted octanol–water partition coefficient (Wildman–Crippen LogP) is 11.7. The number of fused-ring (bicyclic) bond motifs is 8. The molecule has 11 aromatic rings. The van der Waals surface area contributed by atoms with Gasteiger partial charge in [0.05, 0.1) is 16.6 Å². The lowest BCUT2D eigenvalue weighted by Crippen LogP contribution is -1.87. The van der Waals surface area contributed by atoms with E-state index in [1.165, 1.54) is 103 Å². The summed E-state index contributed by atoms with van der Waals surface area (Å²) in [5, 5.41) is 18.3. The molecule has 0 saturated carbocycles. The molecule has 2 heterocycles. The molecule has 1 nitrogen and oxygen atoms in total. The van der Waals surface area contributed by atoms with Crippen molar-refractivity contribution in [1.82, 2.24) is 4.40 Å². The van der Waals surface area contributed by atoms with Gasteiger partial charge in [0, 0.05) is 21.5 Å². The van der Waals surface area contributed by atoms with Crippen LogP contribution in [0.15, 0.2) is 140 Å². The number of rotatable bonds is 1. The highest BCUT2D eigenvalue weighted by Crippen LogP contribution is 2.46. The minimum Gasteiger partial charge on any atom is -0.308 e. The maximum absolute atomic E-state index is 2.52. The highest BCUT2D eigenvalue weighted by Gasteiger charge is 2.21. The molecule has 9 aromatic carbocycles. The number of hydrogen-bond acceptors (Lipinski definition) is 0. The largest absolute Gasteiger partial charge is 0.308 e. The molecule has 11 rings (SSSR count). The number of aromatic nitrogens is 1. The summed E-state index contributed by atoms with van der Waals surface area (Å²) in [6.07, 6.45) is 0. The average molecular weight is 542 g/mol. The van der Waals surface area contributed by atoms with Gasteiger partial charge in [-0.1, -0.05) is 103 Å². The summed E-state index contributed by atoms with van der Waals surface area (Å²) < 4.78 is 2.52. The fraction of sp³-hybridized carbons (Fsp3) is 0. The van der Waals surface area contributed by atoms with Crippen LogP contribution in [-0.2, 0) is 0 Å². The van der Waals surface area contributed by atoms with Crippen molar-refractivity contribution in [2.24, 2.45) is 0 Å². The molecule has 0 radical (unpaired) electrons. The maximum Gasteiger partial charge on any atom is 0.0620 e. The Morgan fingerprint density at radius 3 is 1.42 bits per heavy atom. The van der Waals surface area contributed by atoms with Crippen molar-refractivity contribution < 1.29 is 0 Å². The van der Waals surface area contributed by atoms with Crippen molar-refractivity contribution in [3.05, 3.63) is 140 Å². The molecular weight excluding hydrogens is 518 g/mol. The lowest BCUT2D eigenvalue weighted by Gasteiger charge is -2.14. The van der Waals surface area contributed by atoms with E-state index in [-0.39, 0.29) is 0 Å². The summed E-state index contributed by atoms with van der Waals surface area (Å²) in [7, 11) is 0. The van der Waals surface area contributed by atoms with Crippen LogP contribution in [-0.4, -0.2) is 4.40 Å². The van der Waals surface area contributed by atoms with Crippen molar-refractivity contribution in [3.8, 4) is 11.1 Å². The first-order valence-electron chi connectivity index (χ1n) is 15.0. The molecule has 0 saturated heterocycles. The van der Waals surface area contributed by atoms with E-state index in [0.717, 1.165) is 0 Å². The SMILES string of the molecule is c1ccc2cc3c(cc2c1)c1cc(-c2ccc4ccc5cccc6ccc2c4c56)cc2c4cc5ccccc5cc4n3c12. The standard InChI is InChI=1S/C42H23N/c1-3-8-29-22-38-34(18-27(29)6-1)36-20-31(21-37-35-19-28-7-2-4-9-30(28)23-39(35)43(38)42(36)37)32-16-14-26-13-12-24-10-5-11-25-15-17-33(32)41(26)40(24)25/h1-23H. The lowest BCUT2D eigenvalue weighted by atomic mass is 9.89. The minimum atomic E-state index is 1.27. The smallest absolute Gasteiger partial charge is 0.0620 e. The third kappa shape index (κ3) is 2.73. The highest BCUT2D eigenvalue weighted by atomic mass is 14.9. The van der Waals surface area contributed by atoms with Crippen molar-refractivity contribution >= 4 is 92.0 Å². The predicted molar refractivity (Wildman–Crippen MR) is 185 cm³/mol. The molecule has 43 heavy (non-hydrogen) atoms. The van der Waals surface area contributed by atoms with Crippen LogP contribution in [0.2, 0.25) is 0 Å². The van der Waals surface area contributed by atoms with E-state index in [0.29, 0.717) is 0 Å². The molecular formula is C42H23N. The summed E-state index contributed by atoms with van der Waals surface area (Å²) in [5.41, 5.74) is 6.43. The number of hydrogen-bond donors (Lipinski definition) is 0. The molecule has 0 unspecified atom stereocenters. The fourth-order valence-corrected chi connectivity index (χ4v) is 8.06. The van der Waals surface area contributed by atoms with E-state index in [4.69, 9.17) is 0 Å². The molecule has 2 aromatic heterocycles. The highest BCUT2D eigenvalue weighted by molar-refractivity contribution is 6.29. The molecule has 0 atom stereocenters. The molecule has 0 aliphatic rings. The summed E-state index contributed by atoms with van der Waals surface area (Å²) in [6, 6.07) is 52.4. The second-order valence-corrected chi connectivity index (χ2v) is 12.2. The van der Waals surface area contributed by atoms with Gasteiger partial charge in [-0.15, -0.1) is 0 Å². The van der Waals surface area contributed by atoms with Crippen LogP contribution in [0.25, 0.3) is 103 Å². The van der Waals surface area contributed by atoms with Crippen LogP contribution in [0.3, 0.4) is 0 Å². The third-order valence-electron chi connectivity index (χ3n) is 9.96. The normalized spacial score (nSPS) is 12.7. The Labute approximate surface area is 246 Å². The quantitative estimate of drug-likeness (QED) is 0.182. The number of nitrogens with zero attached hydrogens (tertiary/aromatic N) is 1. The Morgan fingerprint density at radius 1 is 0.326 bits per heavy atom. The Kier molecular flexibility index (Phi) is 3.88. The fourth-order valence-electron chi connectivity index (χ4n) is 8.06. The molecule has 0 N–H and O–H groups in total. The Balaban J connectivity index is 1.34. The zero-order chi connectivity index (χ0) is 27.8. The van der Waals surface area contributed by atoms with Crippen molar-refractivity contribution in [2.75, 3.05) is 0 Å². The maximum atomic E-state index is 2.52. The van der Waals surface area contributed by atoms with Gasteiger partial charge in [-0.25, -0.2) is 0 Å². The van der Waals surface area contributed by atoms with E-state index in [2.05, 4.69) is 144 Å². The molecule has 1 heteroatoms. The van der Waals surface area contributed by atoms with Gasteiger partial charge in [0.1, 0.15) is 0 Å². The molecule has 0 aliphatic carbocycles. The molecule has 0 bridgehead atoms. The van der Waals surface area contributed by atoms with Gasteiger partial charge >= 0.3 is 0 Å². The average Bonchev–Trinajstić information content (AvgIpc) is 3.55. The van der Waals surface area contributed by atoms with Gasteiger partial charge in [-0.05, 0) is 101 Å². The Morgan fingerprint density at radius 2 is 0.814 bits per heavy atom. The van der Waals surface area contributed by atoms with Gasteiger partial charge in [0.15, 0.2) is 0 Å². The minimum absolute atomic E-state index is 1.27. The second kappa shape index (κ2) is 7.59. The van der Waals surface area contributed by atoms with Crippen molar-refractivity contribution in [3.63, 3.8) is 0 Å². The summed E-state index contributed by atoms with van der Waals surface area (Å²) in [6.45, 7) is 0. The van der Waals surface area contributed by atoms with Crippen LogP contribution in [0.4, 0.5) is 0 Å². The van der Waals surface area contributed by atoms with Crippen molar-refractivity contribution in [2.45, 2.75) is 0 Å². The van der Waals surface area contributed by atoms with Crippen molar-refractivity contribution in [1.29, 1.82) is 0 Å². The topological polar surface area (TPSA) is 4.41 Å². The molecule has 0 aliphatic heterocycles. The van der Waals surface area contributed by atoms with E-state index in [9.17, 15) is 0 Å².